The van der Waals surface area contributed by atoms with Gasteiger partial charge in [0.15, 0.2) is 0 Å². The Bertz CT molecular complexity index is 176. The predicted molar refractivity (Wildman–Crippen MR) is 66.0 cm³/mol. The van der Waals surface area contributed by atoms with E-state index in [0.29, 0.717) is 13.2 Å². The smallest absolute Gasteiger partial charge is 0.332 e. The van der Waals surface area contributed by atoms with Crippen LogP contribution in [0.5, 0.6) is 0 Å². The van der Waals surface area contributed by atoms with Gasteiger partial charge < -0.3 is 19.5 Å². The van der Waals surface area contributed by atoms with Crippen molar-refractivity contribution in [1.82, 2.24) is 5.32 Å². The van der Waals surface area contributed by atoms with Gasteiger partial charge >= 0.3 is 5.97 Å². The summed E-state index contributed by atoms with van der Waals surface area (Å²) in [4.78, 5) is 10.9. The molecule has 5 heteroatoms. The van der Waals surface area contributed by atoms with Crippen molar-refractivity contribution in [1.29, 1.82) is 0 Å². The van der Waals surface area contributed by atoms with Crippen LogP contribution in [0, 0.1) is 0 Å². The zero-order chi connectivity index (χ0) is 12.8. The topological polar surface area (TPSA) is 56.8 Å². The second-order valence-corrected chi connectivity index (χ2v) is 3.57. The van der Waals surface area contributed by atoms with E-state index in [1.807, 2.05) is 0 Å². The van der Waals surface area contributed by atoms with Gasteiger partial charge in [0.2, 0.25) is 0 Å². The zero-order valence-electron chi connectivity index (χ0n) is 11.0. The Morgan fingerprint density at radius 3 is 2.41 bits per heavy atom. The van der Waals surface area contributed by atoms with E-state index in [-0.39, 0.29) is 12.6 Å². The summed E-state index contributed by atoms with van der Waals surface area (Å²) < 4.78 is 15.2. The summed E-state index contributed by atoms with van der Waals surface area (Å²) in [7, 11) is 0. The Kier molecular flexibility index (Phi) is 12.9. The van der Waals surface area contributed by atoms with Gasteiger partial charge in [-0.05, 0) is 13.3 Å². The van der Waals surface area contributed by atoms with Crippen molar-refractivity contribution >= 4 is 5.97 Å². The average molecular weight is 247 g/mol. The molecule has 0 saturated carbocycles. The highest BCUT2D eigenvalue weighted by Gasteiger charge is 1.99. The molecule has 0 amide bonds. The summed E-state index contributed by atoms with van der Waals surface area (Å²) in [5.74, 6) is -0.310. The third-order valence-corrected chi connectivity index (χ3v) is 2.01. The molecule has 5 nitrogen and oxygen atoms in total. The normalized spacial score (nSPS) is 10.5. The second-order valence-electron chi connectivity index (χ2n) is 3.57. The van der Waals surface area contributed by atoms with Gasteiger partial charge in [-0.1, -0.05) is 13.3 Å². The number of rotatable bonds is 12. The SMILES string of the molecule is CCCCOCCNCCOCC(=O)OCC. The molecule has 1 N–H and O–H groups in total. The van der Waals surface area contributed by atoms with Crippen molar-refractivity contribution in [3.8, 4) is 0 Å². The molecular formula is C12H25NO4. The Hall–Kier alpha value is -0.650. The highest BCUT2D eigenvalue weighted by molar-refractivity contribution is 5.70. The number of ether oxygens (including phenoxy) is 3. The Labute approximate surface area is 104 Å². The van der Waals surface area contributed by atoms with E-state index in [1.165, 1.54) is 0 Å². The number of nitrogens with one attached hydrogen (secondary N) is 1. The van der Waals surface area contributed by atoms with Crippen molar-refractivity contribution in [2.75, 3.05) is 46.1 Å². The van der Waals surface area contributed by atoms with Crippen molar-refractivity contribution in [3.05, 3.63) is 0 Å². The van der Waals surface area contributed by atoms with Gasteiger partial charge in [-0.2, -0.15) is 0 Å². The van der Waals surface area contributed by atoms with E-state index in [0.717, 1.165) is 39.1 Å². The van der Waals surface area contributed by atoms with E-state index in [4.69, 9.17) is 14.2 Å². The maximum Gasteiger partial charge on any atom is 0.332 e. The first-order chi connectivity index (χ1) is 8.31. The largest absolute Gasteiger partial charge is 0.464 e. The number of carbonyl (C=O) groups is 1. The minimum atomic E-state index is -0.310. The Morgan fingerprint density at radius 1 is 1.06 bits per heavy atom. The van der Waals surface area contributed by atoms with Crippen LogP contribution in [0.25, 0.3) is 0 Å². The van der Waals surface area contributed by atoms with Crippen molar-refractivity contribution < 1.29 is 19.0 Å². The van der Waals surface area contributed by atoms with Gasteiger partial charge in [0, 0.05) is 19.7 Å². The van der Waals surface area contributed by atoms with E-state index < -0.39 is 0 Å². The quantitative estimate of drug-likeness (QED) is 0.411. The molecule has 0 aliphatic rings. The molecule has 0 fully saturated rings. The van der Waals surface area contributed by atoms with Crippen molar-refractivity contribution in [2.24, 2.45) is 0 Å². The summed E-state index contributed by atoms with van der Waals surface area (Å²) in [5, 5.41) is 3.17. The lowest BCUT2D eigenvalue weighted by atomic mass is 10.4. The molecule has 0 aromatic heterocycles. The number of unbranched alkanes of at least 4 members (excludes halogenated alkanes) is 1. The molecule has 0 radical (unpaired) electrons. The number of hydrogen-bond acceptors (Lipinski definition) is 5. The minimum Gasteiger partial charge on any atom is -0.464 e. The van der Waals surface area contributed by atoms with E-state index >= 15 is 0 Å². The van der Waals surface area contributed by atoms with E-state index in [9.17, 15) is 4.79 Å². The minimum absolute atomic E-state index is 0.0303. The van der Waals surface area contributed by atoms with Crippen LogP contribution >= 0.6 is 0 Å². The van der Waals surface area contributed by atoms with E-state index in [2.05, 4.69) is 12.2 Å². The summed E-state index contributed by atoms with van der Waals surface area (Å²) >= 11 is 0. The summed E-state index contributed by atoms with van der Waals surface area (Å²) in [6.07, 6.45) is 2.28. The molecular weight excluding hydrogens is 222 g/mol. The molecule has 0 aromatic carbocycles. The van der Waals surface area contributed by atoms with Crippen LogP contribution in [0.3, 0.4) is 0 Å². The fourth-order valence-corrected chi connectivity index (χ4v) is 1.12. The molecule has 102 valence electrons. The van der Waals surface area contributed by atoms with Gasteiger partial charge in [-0.25, -0.2) is 4.79 Å². The van der Waals surface area contributed by atoms with Crippen LogP contribution in [0.4, 0.5) is 0 Å². The van der Waals surface area contributed by atoms with Gasteiger partial charge in [-0.15, -0.1) is 0 Å². The van der Waals surface area contributed by atoms with Crippen LogP contribution in [0.2, 0.25) is 0 Å². The summed E-state index contributed by atoms with van der Waals surface area (Å²) in [6, 6.07) is 0. The monoisotopic (exact) mass is 247 g/mol. The summed E-state index contributed by atoms with van der Waals surface area (Å²) in [6.45, 7) is 7.94. The van der Waals surface area contributed by atoms with Gasteiger partial charge in [-0.3, -0.25) is 0 Å². The zero-order valence-corrected chi connectivity index (χ0v) is 11.0. The molecule has 0 aliphatic heterocycles. The van der Waals surface area contributed by atoms with Crippen LogP contribution in [-0.2, 0) is 19.0 Å². The highest BCUT2D eigenvalue weighted by atomic mass is 16.6. The van der Waals surface area contributed by atoms with Gasteiger partial charge in [0.05, 0.1) is 19.8 Å². The van der Waals surface area contributed by atoms with Crippen molar-refractivity contribution in [3.63, 3.8) is 0 Å². The number of esters is 1. The Balaban J connectivity index is 3.01. The third-order valence-electron chi connectivity index (χ3n) is 2.01. The Morgan fingerprint density at radius 2 is 1.76 bits per heavy atom. The number of carbonyl (C=O) groups excluding carboxylic acids is 1. The highest BCUT2D eigenvalue weighted by Crippen LogP contribution is 1.86. The maximum absolute atomic E-state index is 10.9. The molecule has 0 atom stereocenters. The molecule has 0 spiro atoms. The molecule has 0 aromatic rings. The lowest BCUT2D eigenvalue weighted by Crippen LogP contribution is -2.25. The molecule has 0 saturated heterocycles. The molecule has 0 bridgehead atoms. The van der Waals surface area contributed by atoms with Crippen LogP contribution in [0.15, 0.2) is 0 Å². The molecule has 17 heavy (non-hydrogen) atoms. The number of hydrogen-bond donors (Lipinski definition) is 1. The van der Waals surface area contributed by atoms with Crippen molar-refractivity contribution in [2.45, 2.75) is 26.7 Å². The molecule has 0 aliphatic carbocycles. The second kappa shape index (κ2) is 13.4. The fourth-order valence-electron chi connectivity index (χ4n) is 1.12. The first kappa shape index (κ1) is 16.4. The standard InChI is InChI=1S/C12H25NO4/c1-3-5-8-15-9-6-13-7-10-16-11-12(14)17-4-2/h13H,3-11H2,1-2H3. The van der Waals surface area contributed by atoms with Crippen LogP contribution < -0.4 is 5.32 Å². The molecule has 0 unspecified atom stereocenters. The van der Waals surface area contributed by atoms with E-state index in [1.54, 1.807) is 6.92 Å². The maximum atomic E-state index is 10.9. The van der Waals surface area contributed by atoms with Crippen LogP contribution in [-0.4, -0.2) is 52.1 Å². The molecule has 0 rings (SSSR count). The average Bonchev–Trinajstić information content (AvgIpc) is 2.32. The predicted octanol–water partition coefficient (Wildman–Crippen LogP) is 0.972. The first-order valence-electron chi connectivity index (χ1n) is 6.33. The van der Waals surface area contributed by atoms with Gasteiger partial charge in [0.1, 0.15) is 6.61 Å². The first-order valence-corrected chi connectivity index (χ1v) is 6.33. The van der Waals surface area contributed by atoms with Gasteiger partial charge in [0.25, 0.3) is 0 Å². The lowest BCUT2D eigenvalue weighted by molar-refractivity contribution is -0.148. The molecule has 0 heterocycles. The lowest BCUT2D eigenvalue weighted by Gasteiger charge is -2.06. The van der Waals surface area contributed by atoms with Crippen LogP contribution in [0.1, 0.15) is 26.7 Å². The third kappa shape index (κ3) is 13.3. The summed E-state index contributed by atoms with van der Waals surface area (Å²) in [5.41, 5.74) is 0. The fraction of sp³-hybridized carbons (Fsp3) is 0.917.